The van der Waals surface area contributed by atoms with Crippen LogP contribution in [-0.2, 0) is 63.7 Å². The van der Waals surface area contributed by atoms with E-state index in [1.165, 1.54) is 25.1 Å². The second-order valence-electron chi connectivity index (χ2n) is 17.7. The lowest BCUT2D eigenvalue weighted by atomic mass is 9.89. The maximum Gasteiger partial charge on any atom is 0.472 e. The molecular formula is C44H41ClF10N7O12PS. The minimum absolute atomic E-state index is 0.0000449. The van der Waals surface area contributed by atoms with Crippen molar-refractivity contribution in [2.45, 2.75) is 82.4 Å². The van der Waals surface area contributed by atoms with Gasteiger partial charge in [-0.1, -0.05) is 41.4 Å². The van der Waals surface area contributed by atoms with Crippen LogP contribution in [0.4, 0.5) is 54.5 Å². The maximum atomic E-state index is 15.6. The Morgan fingerprint density at radius 2 is 1.66 bits per heavy atom. The fourth-order valence-electron chi connectivity index (χ4n) is 9.06. The molecule has 3 aromatic carbocycles. The van der Waals surface area contributed by atoms with Gasteiger partial charge in [0.2, 0.25) is 34.8 Å². The topological polar surface area (TPSA) is 253 Å². The third-order valence-electron chi connectivity index (χ3n) is 12.0. The Kier molecular flexibility index (Phi) is 16.3. The van der Waals surface area contributed by atoms with E-state index in [4.69, 9.17) is 21.4 Å². The predicted octanol–water partition coefficient (Wildman–Crippen LogP) is 7.95. The standard InChI is InChI=1S/C44H41ClF10N7O12PS/c1-20-5-6-24(26(10-20)30(13-21-11-22(46)14-23(47)12-21)56-31(63)16-60-39-34(27-15-28(27)44(39,54)55)37(57-60)36(48)40(49)50)25-7-8-29(45)35-38(25)61(18-43(51,52)53)58-41(35)62(76(2,71)72)32(64)4-3-9-59(17-33(65)66)42(67)73-19-74-75(68,69)70/h5-8,10-12,14,27-28,30,36,40H,3-4,9,13,15-19H2,1-2H3,(H,56,63)(H,65,66)(H2,68,69,70)/t27-,28+,30-,36?/m0/s1. The lowest BCUT2D eigenvalue weighted by molar-refractivity contribution is -0.142. The number of nitrogens with zero attached hydrogens (tertiary/aromatic N) is 6. The summed E-state index contributed by atoms with van der Waals surface area (Å²) in [6.45, 7) is -4.79. The largest absolute Gasteiger partial charge is 0.480 e. The number of benzene rings is 3. The molecule has 0 aliphatic heterocycles. The van der Waals surface area contributed by atoms with Gasteiger partial charge in [-0.25, -0.2) is 44.3 Å². The molecule has 2 heterocycles. The Hall–Kier alpha value is -6.33. The zero-order valence-corrected chi connectivity index (χ0v) is 41.5. The van der Waals surface area contributed by atoms with E-state index in [1.54, 1.807) is 0 Å². The molecule has 19 nitrogen and oxygen atoms in total. The van der Waals surface area contributed by atoms with E-state index in [9.17, 15) is 72.4 Å². The van der Waals surface area contributed by atoms with Gasteiger partial charge < -0.3 is 24.9 Å². The number of halogens is 11. The highest BCUT2D eigenvalue weighted by molar-refractivity contribution is 7.92. The van der Waals surface area contributed by atoms with Gasteiger partial charge in [0, 0.05) is 36.1 Å². The molecule has 1 unspecified atom stereocenters. The number of hydrogen-bond acceptors (Lipinski definition) is 11. The highest BCUT2D eigenvalue weighted by Crippen LogP contribution is 2.68. The summed E-state index contributed by atoms with van der Waals surface area (Å²) in [6, 6.07) is 7.08. The van der Waals surface area contributed by atoms with Crippen molar-refractivity contribution >= 4 is 70.0 Å². The van der Waals surface area contributed by atoms with Crippen molar-refractivity contribution in [2.75, 3.05) is 30.4 Å². The summed E-state index contributed by atoms with van der Waals surface area (Å²) in [4.78, 5) is 70.2. The Morgan fingerprint density at radius 3 is 2.26 bits per heavy atom. The zero-order valence-electron chi connectivity index (χ0n) is 39.1. The van der Waals surface area contributed by atoms with E-state index in [1.807, 2.05) is 0 Å². The Bertz CT molecular complexity index is 3270. The molecule has 2 aromatic heterocycles. The normalized spacial score (nSPS) is 16.8. The smallest absolute Gasteiger partial charge is 0.472 e. The van der Waals surface area contributed by atoms with Crippen LogP contribution in [-0.4, -0.2) is 110 Å². The number of carboxylic acids is 1. The Labute approximate surface area is 427 Å². The lowest BCUT2D eigenvalue weighted by Gasteiger charge is -2.24. The van der Waals surface area contributed by atoms with Crippen LogP contribution in [0.15, 0.2) is 48.5 Å². The summed E-state index contributed by atoms with van der Waals surface area (Å²) in [5, 5.41) is 18.4. The van der Waals surface area contributed by atoms with Crippen LogP contribution in [0.3, 0.4) is 0 Å². The minimum Gasteiger partial charge on any atom is -0.480 e. The second-order valence-corrected chi connectivity index (χ2v) is 21.2. The molecule has 76 heavy (non-hydrogen) atoms. The van der Waals surface area contributed by atoms with Crippen LogP contribution in [0.25, 0.3) is 22.0 Å². The molecule has 2 aliphatic rings. The van der Waals surface area contributed by atoms with Crippen molar-refractivity contribution in [3.63, 3.8) is 0 Å². The molecule has 0 radical (unpaired) electrons. The number of carbonyl (C=O) groups is 4. The third kappa shape index (κ3) is 12.7. The first kappa shape index (κ1) is 57.4. The molecule has 2 aliphatic carbocycles. The number of aliphatic carboxylic acids is 1. The van der Waals surface area contributed by atoms with E-state index < -0.39 is 187 Å². The number of anilines is 1. The number of alkyl halides is 8. The first-order chi connectivity index (χ1) is 35.2. The molecule has 4 N–H and O–H groups in total. The van der Waals surface area contributed by atoms with Gasteiger partial charge in [-0.05, 0) is 67.0 Å². The van der Waals surface area contributed by atoms with Crippen LogP contribution in [0.5, 0.6) is 0 Å². The van der Waals surface area contributed by atoms with E-state index in [-0.39, 0.29) is 37.7 Å². The fourth-order valence-corrected chi connectivity index (χ4v) is 10.4. The van der Waals surface area contributed by atoms with Gasteiger partial charge in [-0.15, -0.1) is 0 Å². The molecule has 7 rings (SSSR count). The van der Waals surface area contributed by atoms with Crippen molar-refractivity contribution in [3.8, 4) is 11.1 Å². The zero-order chi connectivity index (χ0) is 56.1. The fraction of sp³-hybridized carbons (Fsp3) is 0.409. The van der Waals surface area contributed by atoms with Crippen molar-refractivity contribution in [2.24, 2.45) is 5.92 Å². The average molecular weight is 1150 g/mol. The van der Waals surface area contributed by atoms with Crippen LogP contribution in [0, 0.1) is 24.5 Å². The van der Waals surface area contributed by atoms with Crippen LogP contribution < -0.4 is 9.62 Å². The van der Waals surface area contributed by atoms with Gasteiger partial charge in [-0.2, -0.15) is 36.5 Å². The second kappa shape index (κ2) is 21.6. The summed E-state index contributed by atoms with van der Waals surface area (Å²) >= 11 is 6.63. The summed E-state index contributed by atoms with van der Waals surface area (Å²) in [5.41, 5.74) is -3.20. The molecule has 32 heteroatoms. The summed E-state index contributed by atoms with van der Waals surface area (Å²) in [7, 11) is -10.1. The number of amides is 3. The predicted molar refractivity (Wildman–Crippen MR) is 244 cm³/mol. The van der Waals surface area contributed by atoms with Crippen LogP contribution >= 0.6 is 19.4 Å². The highest BCUT2D eigenvalue weighted by atomic mass is 35.5. The quantitative estimate of drug-likeness (QED) is 0.0309. The lowest BCUT2D eigenvalue weighted by Crippen LogP contribution is -2.39. The summed E-state index contributed by atoms with van der Waals surface area (Å²) in [5.74, 6) is -13.5. The highest BCUT2D eigenvalue weighted by Gasteiger charge is 2.67. The van der Waals surface area contributed by atoms with Crippen LogP contribution in [0.2, 0.25) is 5.02 Å². The monoisotopic (exact) mass is 1150 g/mol. The number of phosphoric ester groups is 1. The van der Waals surface area contributed by atoms with E-state index in [0.29, 0.717) is 27.5 Å². The van der Waals surface area contributed by atoms with Crippen molar-refractivity contribution in [1.82, 2.24) is 29.8 Å². The van der Waals surface area contributed by atoms with Gasteiger partial charge in [0.25, 0.3) is 12.3 Å². The molecule has 0 spiro atoms. The number of fused-ring (bicyclic) bond motifs is 4. The number of nitrogens with one attached hydrogen (secondary N) is 1. The number of rotatable bonds is 21. The minimum atomic E-state index is -5.16. The number of carboxylic acid groups (broad SMARTS) is 1. The molecule has 0 bridgehead atoms. The van der Waals surface area contributed by atoms with Gasteiger partial charge >= 0.3 is 26.1 Å². The average Bonchev–Trinajstić information content (AvgIpc) is 3.81. The first-order valence-corrected chi connectivity index (χ1v) is 25.9. The Balaban J connectivity index is 1.31. The maximum absolute atomic E-state index is 15.6. The SMILES string of the molecule is Cc1ccc(-c2ccc(Cl)c3c(N(C(=O)CCCN(CC(=O)O)C(=O)OCOP(=O)(O)O)S(C)(=O)=O)nn(CC(F)(F)F)c23)c([C@H](Cc2cc(F)cc(F)c2)NC(=O)Cn2nc(C(F)C(F)F)c3c2C(F)(F)[C@@H]2C[C@H]32)c1. The third-order valence-corrected chi connectivity index (χ3v) is 13.8. The van der Waals surface area contributed by atoms with Crippen molar-refractivity contribution in [3.05, 3.63) is 98.8 Å². The van der Waals surface area contributed by atoms with Gasteiger partial charge in [-0.3, -0.25) is 28.6 Å². The Morgan fingerprint density at radius 1 is 1.00 bits per heavy atom. The molecule has 412 valence electrons. The molecule has 0 saturated heterocycles. The van der Waals surface area contributed by atoms with Gasteiger partial charge in [0.05, 0.1) is 28.2 Å². The number of aryl methyl sites for hydroxylation is 1. The summed E-state index contributed by atoms with van der Waals surface area (Å²) < 4.78 is 194. The van der Waals surface area contributed by atoms with E-state index in [2.05, 4.69) is 24.8 Å². The number of ether oxygens (including phenoxy) is 1. The number of aromatic nitrogens is 4. The molecular weight excluding hydrogens is 1110 g/mol. The first-order valence-electron chi connectivity index (χ1n) is 22.1. The molecule has 4 atom stereocenters. The van der Waals surface area contributed by atoms with E-state index >= 15 is 8.78 Å². The van der Waals surface area contributed by atoms with Crippen molar-refractivity contribution < 1.29 is 100 Å². The summed E-state index contributed by atoms with van der Waals surface area (Å²) in [6.07, 6.45) is -15.2. The van der Waals surface area contributed by atoms with Crippen LogP contribution in [0.1, 0.15) is 71.0 Å². The molecule has 1 saturated carbocycles. The van der Waals surface area contributed by atoms with Crippen molar-refractivity contribution in [1.29, 1.82) is 0 Å². The molecule has 3 amide bonds. The molecule has 5 aromatic rings. The van der Waals surface area contributed by atoms with Gasteiger partial charge in [0.1, 0.15) is 42.7 Å². The van der Waals surface area contributed by atoms with Gasteiger partial charge in [0.15, 0.2) is 5.82 Å². The number of sulfonamides is 1. The number of hydrogen-bond donors (Lipinski definition) is 4. The molecule has 1 fully saturated rings. The number of phosphoric acid groups is 1. The number of carbonyl (C=O) groups excluding carboxylic acids is 3. The van der Waals surface area contributed by atoms with E-state index in [0.717, 1.165) is 24.3 Å².